The van der Waals surface area contributed by atoms with Gasteiger partial charge in [-0.15, -0.1) is 0 Å². The van der Waals surface area contributed by atoms with E-state index in [9.17, 15) is 18.0 Å². The molecule has 1 unspecified atom stereocenters. The number of amides is 1. The fourth-order valence-electron chi connectivity index (χ4n) is 5.10. The monoisotopic (exact) mass is 502 g/mol. The largest absolute Gasteiger partial charge is 0.493 e. The Kier molecular flexibility index (Phi) is 6.72. The van der Waals surface area contributed by atoms with Crippen LogP contribution in [0.15, 0.2) is 36.7 Å². The van der Waals surface area contributed by atoms with Crippen LogP contribution in [0.1, 0.15) is 44.2 Å². The van der Waals surface area contributed by atoms with E-state index in [-0.39, 0.29) is 30.2 Å². The SMILES string of the molecule is CC(=O)N1CCC(n2ncc3ncc(N4CCCC(COc5ccccc5C(F)(F)F)C4)nc32)CC1. The Morgan fingerprint density at radius 1 is 1.11 bits per heavy atom. The molecule has 3 aromatic rings. The van der Waals surface area contributed by atoms with Gasteiger partial charge in [0.1, 0.15) is 17.1 Å². The Balaban J connectivity index is 1.27. The topological polar surface area (TPSA) is 76.4 Å². The summed E-state index contributed by atoms with van der Waals surface area (Å²) in [5.41, 5.74) is 0.677. The van der Waals surface area contributed by atoms with Crippen molar-refractivity contribution in [2.75, 3.05) is 37.7 Å². The fourth-order valence-corrected chi connectivity index (χ4v) is 5.10. The molecule has 0 bridgehead atoms. The first-order chi connectivity index (χ1) is 17.3. The molecule has 2 aliphatic heterocycles. The number of hydrogen-bond donors (Lipinski definition) is 0. The lowest BCUT2D eigenvalue weighted by Gasteiger charge is -2.33. The molecule has 2 fully saturated rings. The predicted octanol–water partition coefficient (Wildman–Crippen LogP) is 4.32. The number of nitrogens with zero attached hydrogens (tertiary/aromatic N) is 6. The maximum Gasteiger partial charge on any atom is 0.419 e. The molecule has 1 amide bonds. The van der Waals surface area contributed by atoms with E-state index in [1.165, 1.54) is 12.1 Å². The molecule has 2 aromatic heterocycles. The highest BCUT2D eigenvalue weighted by atomic mass is 19.4. The quantitative estimate of drug-likeness (QED) is 0.517. The smallest absolute Gasteiger partial charge is 0.419 e. The maximum absolute atomic E-state index is 13.3. The van der Waals surface area contributed by atoms with Gasteiger partial charge in [0.15, 0.2) is 5.65 Å². The van der Waals surface area contributed by atoms with Crippen molar-refractivity contribution in [2.24, 2.45) is 5.92 Å². The molecule has 1 atom stereocenters. The maximum atomic E-state index is 13.3. The second-order valence-electron chi connectivity index (χ2n) is 9.52. The van der Waals surface area contributed by atoms with E-state index in [1.807, 2.05) is 9.58 Å². The Morgan fingerprint density at radius 3 is 2.64 bits per heavy atom. The first-order valence-electron chi connectivity index (χ1n) is 12.3. The average molecular weight is 503 g/mol. The van der Waals surface area contributed by atoms with Crippen molar-refractivity contribution in [2.45, 2.75) is 44.8 Å². The number of rotatable bonds is 5. The number of fused-ring (bicyclic) bond motifs is 1. The molecule has 5 rings (SSSR count). The van der Waals surface area contributed by atoms with Crippen LogP contribution in [0.2, 0.25) is 0 Å². The summed E-state index contributed by atoms with van der Waals surface area (Å²) in [7, 11) is 0. The Hall–Kier alpha value is -3.37. The standard InChI is InChI=1S/C25H29F3N6O2/c1-17(35)32-11-8-19(9-12-32)34-24-21(13-30-34)29-14-23(31-24)33-10-4-5-18(15-33)16-36-22-7-3-2-6-20(22)25(26,27)28/h2-3,6-7,13-14,18-19H,4-5,8-12,15-16H2,1H3. The van der Waals surface area contributed by atoms with Crippen LogP contribution in [0, 0.1) is 5.92 Å². The molecule has 2 saturated heterocycles. The van der Waals surface area contributed by atoms with Crippen molar-refractivity contribution in [3.63, 3.8) is 0 Å². The van der Waals surface area contributed by atoms with Crippen molar-refractivity contribution >= 4 is 22.9 Å². The van der Waals surface area contributed by atoms with Gasteiger partial charge < -0.3 is 14.5 Å². The van der Waals surface area contributed by atoms with Crippen molar-refractivity contribution in [1.82, 2.24) is 24.6 Å². The molecule has 8 nitrogen and oxygen atoms in total. The number of hydrogen-bond acceptors (Lipinski definition) is 6. The molecule has 192 valence electrons. The lowest BCUT2D eigenvalue weighted by atomic mass is 9.99. The van der Waals surface area contributed by atoms with E-state index in [2.05, 4.69) is 15.0 Å². The van der Waals surface area contributed by atoms with Gasteiger partial charge >= 0.3 is 6.18 Å². The van der Waals surface area contributed by atoms with E-state index < -0.39 is 11.7 Å². The van der Waals surface area contributed by atoms with Gasteiger partial charge in [-0.2, -0.15) is 18.3 Å². The summed E-state index contributed by atoms with van der Waals surface area (Å²) in [6, 6.07) is 5.48. The van der Waals surface area contributed by atoms with Crippen LogP contribution in [0.5, 0.6) is 5.75 Å². The zero-order valence-electron chi connectivity index (χ0n) is 20.1. The molecule has 1 aromatic carbocycles. The summed E-state index contributed by atoms with van der Waals surface area (Å²) in [6.07, 6.45) is 2.37. The summed E-state index contributed by atoms with van der Waals surface area (Å²) < 4.78 is 47.4. The fraction of sp³-hybridized carbons (Fsp3) is 0.520. The number of aromatic nitrogens is 4. The number of para-hydroxylation sites is 1. The van der Waals surface area contributed by atoms with Crippen LogP contribution in [-0.2, 0) is 11.0 Å². The molecule has 4 heterocycles. The minimum absolute atomic E-state index is 0.0679. The van der Waals surface area contributed by atoms with Crippen LogP contribution < -0.4 is 9.64 Å². The summed E-state index contributed by atoms with van der Waals surface area (Å²) in [6.45, 7) is 4.60. The van der Waals surface area contributed by atoms with Crippen molar-refractivity contribution in [3.05, 3.63) is 42.2 Å². The lowest BCUT2D eigenvalue weighted by Crippen LogP contribution is -2.38. The minimum atomic E-state index is -4.45. The third-order valence-corrected chi connectivity index (χ3v) is 7.06. The van der Waals surface area contributed by atoms with Crippen molar-refractivity contribution in [3.8, 4) is 5.75 Å². The third-order valence-electron chi connectivity index (χ3n) is 7.06. The second-order valence-corrected chi connectivity index (χ2v) is 9.52. The van der Waals surface area contributed by atoms with Gasteiger partial charge in [0.2, 0.25) is 5.91 Å². The molecule has 11 heteroatoms. The van der Waals surface area contributed by atoms with Gasteiger partial charge in [-0.3, -0.25) is 4.79 Å². The molecule has 0 spiro atoms. The van der Waals surface area contributed by atoms with Gasteiger partial charge in [0.25, 0.3) is 0 Å². The number of benzene rings is 1. The first-order valence-corrected chi connectivity index (χ1v) is 12.3. The van der Waals surface area contributed by atoms with Crippen molar-refractivity contribution < 1.29 is 22.7 Å². The van der Waals surface area contributed by atoms with E-state index in [1.54, 1.807) is 25.4 Å². The molecule has 0 N–H and O–H groups in total. The molecule has 0 saturated carbocycles. The van der Waals surface area contributed by atoms with Crippen LogP contribution >= 0.6 is 0 Å². The first kappa shape index (κ1) is 24.3. The van der Waals surface area contributed by atoms with E-state index in [0.29, 0.717) is 30.8 Å². The number of carbonyl (C=O) groups is 1. The molecule has 0 radical (unpaired) electrons. The molecule has 2 aliphatic rings. The van der Waals surface area contributed by atoms with Gasteiger partial charge in [-0.25, -0.2) is 14.6 Å². The summed E-state index contributed by atoms with van der Waals surface area (Å²) in [4.78, 5) is 25.1. The van der Waals surface area contributed by atoms with Crippen LogP contribution in [0.25, 0.3) is 11.2 Å². The van der Waals surface area contributed by atoms with Gasteiger partial charge in [0, 0.05) is 39.0 Å². The highest BCUT2D eigenvalue weighted by Crippen LogP contribution is 2.36. The normalized spacial score (nSPS) is 19.6. The number of ether oxygens (including phenoxy) is 1. The third kappa shape index (κ3) is 5.10. The highest BCUT2D eigenvalue weighted by molar-refractivity contribution is 5.73. The number of halogens is 3. The molecule has 36 heavy (non-hydrogen) atoms. The number of alkyl halides is 3. The number of piperidine rings is 2. The zero-order valence-corrected chi connectivity index (χ0v) is 20.1. The molecule has 0 aliphatic carbocycles. The van der Waals surface area contributed by atoms with Gasteiger partial charge in [-0.05, 0) is 37.8 Å². The second kappa shape index (κ2) is 9.94. The average Bonchev–Trinajstić information content (AvgIpc) is 3.31. The zero-order chi connectivity index (χ0) is 25.3. The van der Waals surface area contributed by atoms with Crippen LogP contribution in [0.4, 0.5) is 19.0 Å². The summed E-state index contributed by atoms with van der Waals surface area (Å²) in [5, 5.41) is 4.54. The van der Waals surface area contributed by atoms with Crippen molar-refractivity contribution in [1.29, 1.82) is 0 Å². The summed E-state index contributed by atoms with van der Waals surface area (Å²) in [5.74, 6) is 0.749. The summed E-state index contributed by atoms with van der Waals surface area (Å²) >= 11 is 0. The van der Waals surface area contributed by atoms with Gasteiger partial charge in [-0.1, -0.05) is 12.1 Å². The number of carbonyl (C=O) groups excluding carboxylic acids is 1. The number of likely N-dealkylation sites (tertiary alicyclic amines) is 1. The van der Waals surface area contributed by atoms with Crippen LogP contribution in [-0.4, -0.2) is 63.3 Å². The van der Waals surface area contributed by atoms with E-state index in [0.717, 1.165) is 44.1 Å². The predicted molar refractivity (Wildman–Crippen MR) is 128 cm³/mol. The lowest BCUT2D eigenvalue weighted by molar-refractivity contribution is -0.139. The van der Waals surface area contributed by atoms with Gasteiger partial charge in [0.05, 0.1) is 30.6 Å². The van der Waals surface area contributed by atoms with E-state index in [4.69, 9.17) is 9.72 Å². The Morgan fingerprint density at radius 2 is 1.89 bits per heavy atom. The highest BCUT2D eigenvalue weighted by Gasteiger charge is 2.34. The van der Waals surface area contributed by atoms with Crippen LogP contribution in [0.3, 0.4) is 0 Å². The van der Waals surface area contributed by atoms with E-state index >= 15 is 0 Å². The molecular weight excluding hydrogens is 473 g/mol. The Labute approximate surface area is 207 Å². The minimum Gasteiger partial charge on any atom is -0.493 e. The number of anilines is 1. The molecular formula is C25H29F3N6O2. The Bertz CT molecular complexity index is 1220.